The van der Waals surface area contributed by atoms with Crippen LogP contribution in [-0.4, -0.2) is 31.1 Å². The number of nitrogens with zero attached hydrogens (tertiary/aromatic N) is 1. The molecule has 1 aliphatic rings. The Morgan fingerprint density at radius 1 is 1.28 bits per heavy atom. The van der Waals surface area contributed by atoms with E-state index in [1.54, 1.807) is 0 Å². The highest BCUT2D eigenvalue weighted by molar-refractivity contribution is 5.32. The highest BCUT2D eigenvalue weighted by Crippen LogP contribution is 2.29. The smallest absolute Gasteiger partial charge is 0.119 e. The summed E-state index contributed by atoms with van der Waals surface area (Å²) >= 11 is 0. The molecule has 1 heterocycles. The average molecular weight is 248 g/mol. The Hall–Kier alpha value is -1.06. The van der Waals surface area contributed by atoms with E-state index in [1.165, 1.54) is 5.56 Å². The Kier molecular flexibility index (Phi) is 3.93. The van der Waals surface area contributed by atoms with Gasteiger partial charge in [0.05, 0.1) is 11.6 Å². The molecular formula is C15H24N2O. The topological polar surface area (TPSA) is 38.5 Å². The van der Waals surface area contributed by atoms with Crippen molar-refractivity contribution >= 4 is 0 Å². The van der Waals surface area contributed by atoms with Crippen LogP contribution in [-0.2, 0) is 5.54 Å². The van der Waals surface area contributed by atoms with Gasteiger partial charge in [-0.3, -0.25) is 0 Å². The van der Waals surface area contributed by atoms with Crippen LogP contribution in [0.2, 0.25) is 0 Å². The van der Waals surface area contributed by atoms with E-state index in [4.69, 9.17) is 10.5 Å². The van der Waals surface area contributed by atoms with Gasteiger partial charge < -0.3 is 15.4 Å². The fourth-order valence-corrected chi connectivity index (χ4v) is 2.68. The minimum atomic E-state index is -0.205. The molecule has 3 nitrogen and oxygen atoms in total. The van der Waals surface area contributed by atoms with Gasteiger partial charge in [0.1, 0.15) is 5.75 Å². The van der Waals surface area contributed by atoms with Crippen LogP contribution in [0.3, 0.4) is 0 Å². The molecule has 0 bridgehead atoms. The molecule has 0 amide bonds. The molecule has 3 heteroatoms. The maximum atomic E-state index is 6.54. The fraction of sp³-hybridized carbons (Fsp3) is 0.600. The molecule has 1 fully saturated rings. The van der Waals surface area contributed by atoms with Crippen molar-refractivity contribution in [1.82, 2.24) is 4.90 Å². The summed E-state index contributed by atoms with van der Waals surface area (Å²) in [6.07, 6.45) is 2.43. The molecule has 0 aromatic heterocycles. The van der Waals surface area contributed by atoms with Crippen LogP contribution < -0.4 is 10.5 Å². The van der Waals surface area contributed by atoms with E-state index in [0.29, 0.717) is 0 Å². The highest BCUT2D eigenvalue weighted by Gasteiger charge is 2.31. The van der Waals surface area contributed by atoms with E-state index in [9.17, 15) is 0 Å². The zero-order valence-electron chi connectivity index (χ0n) is 11.6. The van der Waals surface area contributed by atoms with Gasteiger partial charge in [-0.2, -0.15) is 0 Å². The first kappa shape index (κ1) is 13.4. The van der Waals surface area contributed by atoms with Crippen LogP contribution in [0, 0.1) is 0 Å². The maximum Gasteiger partial charge on any atom is 0.119 e. The Morgan fingerprint density at radius 3 is 2.50 bits per heavy atom. The number of nitrogens with two attached hydrogens (primary N) is 1. The zero-order valence-corrected chi connectivity index (χ0v) is 11.6. The lowest BCUT2D eigenvalue weighted by atomic mass is 9.83. The van der Waals surface area contributed by atoms with Crippen molar-refractivity contribution in [1.29, 1.82) is 0 Å². The van der Waals surface area contributed by atoms with Crippen molar-refractivity contribution < 1.29 is 4.74 Å². The first-order valence-corrected chi connectivity index (χ1v) is 6.74. The monoisotopic (exact) mass is 248 g/mol. The Morgan fingerprint density at radius 2 is 1.94 bits per heavy atom. The molecule has 2 rings (SSSR count). The SMILES string of the molecule is CC(C)Oc1ccc(C2(N)CCCN(C)C2)cc1. The summed E-state index contributed by atoms with van der Waals surface area (Å²) in [4.78, 5) is 2.31. The summed E-state index contributed by atoms with van der Waals surface area (Å²) in [6.45, 7) is 6.15. The average Bonchev–Trinajstić information content (AvgIpc) is 2.28. The fourth-order valence-electron chi connectivity index (χ4n) is 2.68. The molecule has 1 atom stereocenters. The Balaban J connectivity index is 2.13. The summed E-state index contributed by atoms with van der Waals surface area (Å²) in [6, 6.07) is 8.27. The highest BCUT2D eigenvalue weighted by atomic mass is 16.5. The number of piperidine rings is 1. The third-order valence-corrected chi connectivity index (χ3v) is 3.52. The van der Waals surface area contributed by atoms with Gasteiger partial charge in [-0.25, -0.2) is 0 Å². The van der Waals surface area contributed by atoms with Gasteiger partial charge in [-0.15, -0.1) is 0 Å². The van der Waals surface area contributed by atoms with Gasteiger partial charge in [0.25, 0.3) is 0 Å². The Labute approximate surface area is 110 Å². The molecule has 2 N–H and O–H groups in total. The second kappa shape index (κ2) is 5.29. The van der Waals surface area contributed by atoms with Crippen LogP contribution in [0.4, 0.5) is 0 Å². The van der Waals surface area contributed by atoms with E-state index in [-0.39, 0.29) is 11.6 Å². The molecule has 0 aliphatic carbocycles. The largest absolute Gasteiger partial charge is 0.491 e. The van der Waals surface area contributed by atoms with Crippen molar-refractivity contribution in [2.75, 3.05) is 20.1 Å². The van der Waals surface area contributed by atoms with Crippen molar-refractivity contribution in [3.63, 3.8) is 0 Å². The maximum absolute atomic E-state index is 6.54. The van der Waals surface area contributed by atoms with Gasteiger partial charge in [0.15, 0.2) is 0 Å². The molecule has 1 aliphatic heterocycles. The van der Waals surface area contributed by atoms with Crippen molar-refractivity contribution in [3.05, 3.63) is 29.8 Å². The summed E-state index contributed by atoms with van der Waals surface area (Å²) in [7, 11) is 2.14. The molecular weight excluding hydrogens is 224 g/mol. The lowest BCUT2D eigenvalue weighted by Gasteiger charge is -2.39. The third-order valence-electron chi connectivity index (χ3n) is 3.52. The Bertz CT molecular complexity index is 388. The lowest BCUT2D eigenvalue weighted by molar-refractivity contribution is 0.179. The van der Waals surface area contributed by atoms with Gasteiger partial charge in [0, 0.05) is 6.54 Å². The number of rotatable bonds is 3. The van der Waals surface area contributed by atoms with Crippen molar-refractivity contribution in [2.45, 2.75) is 38.3 Å². The molecule has 0 radical (unpaired) electrons. The molecule has 18 heavy (non-hydrogen) atoms. The number of hydrogen-bond donors (Lipinski definition) is 1. The molecule has 0 saturated carbocycles. The van der Waals surface area contributed by atoms with E-state index in [0.717, 1.165) is 31.7 Å². The summed E-state index contributed by atoms with van der Waals surface area (Å²) in [5.41, 5.74) is 7.55. The van der Waals surface area contributed by atoms with Crippen LogP contribution in [0.5, 0.6) is 5.75 Å². The molecule has 1 unspecified atom stereocenters. The zero-order chi connectivity index (χ0) is 13.2. The van der Waals surface area contributed by atoms with Crippen LogP contribution in [0.15, 0.2) is 24.3 Å². The molecule has 1 aromatic rings. The van der Waals surface area contributed by atoms with Crippen molar-refractivity contribution in [3.8, 4) is 5.75 Å². The van der Waals surface area contributed by atoms with Crippen LogP contribution >= 0.6 is 0 Å². The minimum absolute atomic E-state index is 0.205. The van der Waals surface area contributed by atoms with Crippen molar-refractivity contribution in [2.24, 2.45) is 5.73 Å². The van der Waals surface area contributed by atoms with Gasteiger partial charge >= 0.3 is 0 Å². The summed E-state index contributed by atoms with van der Waals surface area (Å²) in [5.74, 6) is 0.918. The van der Waals surface area contributed by atoms with Crippen LogP contribution in [0.25, 0.3) is 0 Å². The van der Waals surface area contributed by atoms with E-state index in [1.807, 2.05) is 26.0 Å². The summed E-state index contributed by atoms with van der Waals surface area (Å²) < 4.78 is 5.66. The summed E-state index contributed by atoms with van der Waals surface area (Å²) in [5, 5.41) is 0. The second-order valence-corrected chi connectivity index (χ2v) is 5.69. The lowest BCUT2D eigenvalue weighted by Crippen LogP contribution is -2.50. The normalized spacial score (nSPS) is 25.4. The van der Waals surface area contributed by atoms with E-state index >= 15 is 0 Å². The number of likely N-dealkylation sites (tertiary alicyclic amines) is 1. The molecule has 1 aromatic carbocycles. The number of likely N-dealkylation sites (N-methyl/N-ethyl adjacent to an activating group) is 1. The first-order valence-electron chi connectivity index (χ1n) is 6.74. The molecule has 0 spiro atoms. The predicted molar refractivity (Wildman–Crippen MR) is 74.8 cm³/mol. The number of benzene rings is 1. The third kappa shape index (κ3) is 3.03. The van der Waals surface area contributed by atoms with Gasteiger partial charge in [0.2, 0.25) is 0 Å². The van der Waals surface area contributed by atoms with Gasteiger partial charge in [-0.05, 0) is 58.0 Å². The predicted octanol–water partition coefficient (Wildman–Crippen LogP) is 2.35. The number of hydrogen-bond acceptors (Lipinski definition) is 3. The standard InChI is InChI=1S/C15H24N2O/c1-12(2)18-14-7-5-13(6-8-14)15(16)9-4-10-17(3)11-15/h5-8,12H,4,9-11,16H2,1-3H3. The quantitative estimate of drug-likeness (QED) is 0.892. The van der Waals surface area contributed by atoms with Gasteiger partial charge in [-0.1, -0.05) is 12.1 Å². The minimum Gasteiger partial charge on any atom is -0.491 e. The number of ether oxygens (including phenoxy) is 1. The van der Waals surface area contributed by atoms with E-state index in [2.05, 4.69) is 24.1 Å². The first-order chi connectivity index (χ1) is 8.49. The molecule has 100 valence electrons. The van der Waals surface area contributed by atoms with E-state index < -0.39 is 0 Å². The van der Waals surface area contributed by atoms with Crippen LogP contribution in [0.1, 0.15) is 32.3 Å². The second-order valence-electron chi connectivity index (χ2n) is 5.69. The molecule has 1 saturated heterocycles.